The number of ether oxygens (including phenoxy) is 2. The number of nitrogens with zero attached hydrogens (tertiary/aromatic N) is 1. The van der Waals surface area contributed by atoms with E-state index in [1.807, 2.05) is 78.9 Å². The van der Waals surface area contributed by atoms with Crippen LogP contribution in [0.1, 0.15) is 42.9 Å². The number of nitrogens with two attached hydrogens (primary N) is 1. The summed E-state index contributed by atoms with van der Waals surface area (Å²) in [6, 6.07) is 24.2. The van der Waals surface area contributed by atoms with E-state index in [0.717, 1.165) is 36.1 Å². The fourth-order valence-corrected chi connectivity index (χ4v) is 3.73. The third-order valence-corrected chi connectivity index (χ3v) is 5.57. The van der Waals surface area contributed by atoms with Crippen LogP contribution in [0.3, 0.4) is 0 Å². The molecular formula is C29H33N3O4. The minimum Gasteiger partial charge on any atom is -0.464 e. The van der Waals surface area contributed by atoms with Crippen molar-refractivity contribution >= 4 is 18.1 Å². The van der Waals surface area contributed by atoms with Gasteiger partial charge >= 0.3 is 5.97 Å². The number of para-hydroxylation sites is 1. The van der Waals surface area contributed by atoms with Crippen LogP contribution in [-0.4, -0.2) is 30.7 Å². The number of benzene rings is 3. The molecule has 3 rings (SSSR count). The third kappa shape index (κ3) is 8.91. The summed E-state index contributed by atoms with van der Waals surface area (Å²) in [4.78, 5) is 25.1. The Morgan fingerprint density at radius 1 is 0.917 bits per heavy atom. The van der Waals surface area contributed by atoms with Crippen LogP contribution in [0, 0.1) is 0 Å². The van der Waals surface area contributed by atoms with E-state index >= 15 is 0 Å². The first kappa shape index (κ1) is 26.5. The Hall–Kier alpha value is -4.13. The summed E-state index contributed by atoms with van der Waals surface area (Å²) < 4.78 is 11.0. The number of aryl methyl sites for hydroxylation is 1. The predicted molar refractivity (Wildman–Crippen MR) is 141 cm³/mol. The normalized spacial score (nSPS) is 11.7. The van der Waals surface area contributed by atoms with Crippen LogP contribution < -0.4 is 15.9 Å². The van der Waals surface area contributed by atoms with E-state index in [1.165, 1.54) is 5.56 Å². The van der Waals surface area contributed by atoms with Crippen molar-refractivity contribution in [2.24, 2.45) is 10.9 Å². The van der Waals surface area contributed by atoms with Crippen molar-refractivity contribution in [2.75, 3.05) is 6.61 Å². The lowest BCUT2D eigenvalue weighted by Crippen LogP contribution is -2.43. The molecule has 0 aliphatic rings. The summed E-state index contributed by atoms with van der Waals surface area (Å²) in [5, 5.41) is 6.37. The molecule has 3 aromatic rings. The minimum absolute atomic E-state index is 0.161. The van der Waals surface area contributed by atoms with E-state index in [4.69, 9.17) is 15.3 Å². The maximum atomic E-state index is 12.6. The van der Waals surface area contributed by atoms with Gasteiger partial charge in [0.1, 0.15) is 17.5 Å². The van der Waals surface area contributed by atoms with Crippen LogP contribution in [0.15, 0.2) is 84.0 Å². The van der Waals surface area contributed by atoms with E-state index in [0.29, 0.717) is 18.6 Å². The fraction of sp³-hybridized carbons (Fsp3) is 0.276. The SMILES string of the molecule is CCOC(=O)C(Cc1ccc(Oc2ccccc2)cc1)NC(=O)CCCCc1ccc(C=NN)cc1. The average molecular weight is 488 g/mol. The van der Waals surface area contributed by atoms with E-state index in [1.54, 1.807) is 13.1 Å². The lowest BCUT2D eigenvalue weighted by Gasteiger charge is -2.18. The molecule has 36 heavy (non-hydrogen) atoms. The molecule has 1 unspecified atom stereocenters. The highest BCUT2D eigenvalue weighted by Gasteiger charge is 2.22. The lowest BCUT2D eigenvalue weighted by molar-refractivity contribution is -0.147. The molecule has 0 saturated carbocycles. The number of amides is 1. The van der Waals surface area contributed by atoms with Crippen molar-refractivity contribution in [1.82, 2.24) is 5.32 Å². The number of hydrogen-bond donors (Lipinski definition) is 2. The molecule has 3 aromatic carbocycles. The number of carbonyl (C=O) groups excluding carboxylic acids is 2. The average Bonchev–Trinajstić information content (AvgIpc) is 2.89. The van der Waals surface area contributed by atoms with Crippen LogP contribution in [0.25, 0.3) is 0 Å². The Morgan fingerprint density at radius 3 is 2.25 bits per heavy atom. The fourth-order valence-electron chi connectivity index (χ4n) is 3.73. The molecule has 0 saturated heterocycles. The predicted octanol–water partition coefficient (Wildman–Crippen LogP) is 4.77. The number of unbranched alkanes of at least 4 members (excludes halogenated alkanes) is 1. The van der Waals surface area contributed by atoms with Crippen molar-refractivity contribution in [3.63, 3.8) is 0 Å². The van der Waals surface area contributed by atoms with E-state index in [2.05, 4.69) is 10.4 Å². The summed E-state index contributed by atoms with van der Waals surface area (Å²) in [5.41, 5.74) is 3.04. The third-order valence-electron chi connectivity index (χ3n) is 5.57. The maximum absolute atomic E-state index is 12.6. The monoisotopic (exact) mass is 487 g/mol. The molecule has 1 atom stereocenters. The Labute approximate surface area is 212 Å². The van der Waals surface area contributed by atoms with Gasteiger partial charge in [-0.15, -0.1) is 0 Å². The summed E-state index contributed by atoms with van der Waals surface area (Å²) in [5.74, 6) is 6.02. The van der Waals surface area contributed by atoms with Gasteiger partial charge in [-0.2, -0.15) is 5.10 Å². The Bertz CT molecular complexity index is 1110. The number of nitrogens with one attached hydrogen (secondary N) is 1. The zero-order valence-corrected chi connectivity index (χ0v) is 20.6. The summed E-state index contributed by atoms with van der Waals surface area (Å²) in [6.07, 6.45) is 4.74. The lowest BCUT2D eigenvalue weighted by atomic mass is 10.0. The minimum atomic E-state index is -0.741. The van der Waals surface area contributed by atoms with Gasteiger partial charge in [-0.3, -0.25) is 4.79 Å². The van der Waals surface area contributed by atoms with Gasteiger partial charge in [-0.1, -0.05) is 54.6 Å². The van der Waals surface area contributed by atoms with Crippen molar-refractivity contribution in [3.8, 4) is 11.5 Å². The first-order valence-electron chi connectivity index (χ1n) is 12.2. The second-order valence-electron chi connectivity index (χ2n) is 8.36. The summed E-state index contributed by atoms with van der Waals surface area (Å²) >= 11 is 0. The topological polar surface area (TPSA) is 103 Å². The van der Waals surface area contributed by atoms with Crippen LogP contribution in [-0.2, 0) is 27.2 Å². The largest absolute Gasteiger partial charge is 0.464 e. The van der Waals surface area contributed by atoms with Crippen molar-refractivity contribution in [2.45, 2.75) is 45.1 Å². The number of hydrogen-bond acceptors (Lipinski definition) is 6. The van der Waals surface area contributed by atoms with Crippen molar-refractivity contribution in [3.05, 3.63) is 95.6 Å². The Morgan fingerprint density at radius 2 is 1.58 bits per heavy atom. The molecule has 0 radical (unpaired) electrons. The van der Waals surface area contributed by atoms with Gasteiger partial charge in [0.2, 0.25) is 5.91 Å². The number of esters is 1. The van der Waals surface area contributed by atoms with Crippen LogP contribution >= 0.6 is 0 Å². The standard InChI is InChI=1S/C29H33N3O4/c1-2-35-29(34)27(20-23-16-18-26(19-17-23)36-25-9-4-3-5-10-25)32-28(33)11-7-6-8-22-12-14-24(15-13-22)21-31-30/h3-5,9-10,12-19,21,27H,2,6-8,11,20,30H2,1H3,(H,32,33). The number of rotatable bonds is 13. The summed E-state index contributed by atoms with van der Waals surface area (Å²) in [6.45, 7) is 2.01. The Kier molecular flexibility index (Phi) is 10.5. The highest BCUT2D eigenvalue weighted by molar-refractivity contribution is 5.84. The van der Waals surface area contributed by atoms with E-state index in [-0.39, 0.29) is 12.5 Å². The molecule has 1 amide bonds. The van der Waals surface area contributed by atoms with E-state index < -0.39 is 12.0 Å². The van der Waals surface area contributed by atoms with Gasteiger partial charge in [0.15, 0.2) is 0 Å². The number of carbonyl (C=O) groups is 2. The first-order chi connectivity index (χ1) is 17.6. The molecule has 0 aliphatic carbocycles. The van der Waals surface area contributed by atoms with Gasteiger partial charge in [0.25, 0.3) is 0 Å². The number of hydrazone groups is 1. The second-order valence-corrected chi connectivity index (χ2v) is 8.36. The molecule has 0 heterocycles. The van der Waals surface area contributed by atoms with Crippen LogP contribution in [0.2, 0.25) is 0 Å². The molecule has 7 nitrogen and oxygen atoms in total. The van der Waals surface area contributed by atoms with Crippen molar-refractivity contribution < 1.29 is 19.1 Å². The molecular weight excluding hydrogens is 454 g/mol. The molecule has 7 heteroatoms. The van der Waals surface area contributed by atoms with Gasteiger partial charge < -0.3 is 20.6 Å². The zero-order chi connectivity index (χ0) is 25.6. The van der Waals surface area contributed by atoms with Crippen molar-refractivity contribution in [1.29, 1.82) is 0 Å². The molecule has 0 spiro atoms. The van der Waals surface area contributed by atoms with Crippen LogP contribution in [0.5, 0.6) is 11.5 Å². The molecule has 0 bridgehead atoms. The quantitative estimate of drug-likeness (QED) is 0.119. The molecule has 3 N–H and O–H groups in total. The smallest absolute Gasteiger partial charge is 0.328 e. The molecule has 0 aliphatic heterocycles. The summed E-state index contributed by atoms with van der Waals surface area (Å²) in [7, 11) is 0. The highest BCUT2D eigenvalue weighted by atomic mass is 16.5. The van der Waals surface area contributed by atoms with E-state index in [9.17, 15) is 9.59 Å². The zero-order valence-electron chi connectivity index (χ0n) is 20.6. The van der Waals surface area contributed by atoms with Gasteiger partial charge in [0, 0.05) is 12.8 Å². The second kappa shape index (κ2) is 14.3. The van der Waals surface area contributed by atoms with Crippen LogP contribution in [0.4, 0.5) is 0 Å². The maximum Gasteiger partial charge on any atom is 0.328 e. The molecule has 0 aromatic heterocycles. The van der Waals surface area contributed by atoms with Gasteiger partial charge in [-0.25, -0.2) is 4.79 Å². The Balaban J connectivity index is 1.48. The molecule has 188 valence electrons. The van der Waals surface area contributed by atoms with Gasteiger partial charge in [0.05, 0.1) is 12.8 Å². The molecule has 0 fully saturated rings. The first-order valence-corrected chi connectivity index (χ1v) is 12.2. The van der Waals surface area contributed by atoms with Gasteiger partial charge in [-0.05, 0) is 67.1 Å². The highest BCUT2D eigenvalue weighted by Crippen LogP contribution is 2.21.